The van der Waals surface area contributed by atoms with Crippen LogP contribution in [0.3, 0.4) is 0 Å². The maximum atomic E-state index is 12.3. The maximum absolute atomic E-state index is 12.3. The van der Waals surface area contributed by atoms with Gasteiger partial charge < -0.3 is 27.0 Å². The first-order valence-corrected chi connectivity index (χ1v) is 8.09. The fourth-order valence-corrected chi connectivity index (χ4v) is 2.07. The largest absolute Gasteiger partial charge is 0.480 e. The van der Waals surface area contributed by atoms with Gasteiger partial charge in [0.05, 0.1) is 6.54 Å². The van der Waals surface area contributed by atoms with Crippen molar-refractivity contribution < 1.29 is 34.2 Å². The molecule has 11 nitrogen and oxygen atoms in total. The number of unbranched alkanes of at least 4 members (excludes halogenated alkanes) is 1. The van der Waals surface area contributed by atoms with Crippen LogP contribution < -0.4 is 16.8 Å². The molecule has 0 saturated heterocycles. The zero-order chi connectivity index (χ0) is 20.4. The summed E-state index contributed by atoms with van der Waals surface area (Å²) in [6.45, 7) is 2.03. The highest BCUT2D eigenvalue weighted by molar-refractivity contribution is 6.01. The third kappa shape index (κ3) is 7.57. The molecule has 0 saturated carbocycles. The van der Waals surface area contributed by atoms with Crippen LogP contribution in [0.1, 0.15) is 39.5 Å². The Labute approximate surface area is 150 Å². The second kappa shape index (κ2) is 11.2. The number of nitrogens with zero attached hydrogens (tertiary/aromatic N) is 1. The van der Waals surface area contributed by atoms with Crippen molar-refractivity contribution >= 4 is 29.7 Å². The Bertz CT molecular complexity index is 552. The highest BCUT2D eigenvalue weighted by Gasteiger charge is 2.31. The summed E-state index contributed by atoms with van der Waals surface area (Å²) in [7, 11) is 0. The second-order valence-corrected chi connectivity index (χ2v) is 5.80. The average Bonchev–Trinajstić information content (AvgIpc) is 2.57. The van der Waals surface area contributed by atoms with Crippen LogP contribution >= 0.6 is 0 Å². The monoisotopic (exact) mass is 374 g/mol. The molecule has 0 bridgehead atoms. The van der Waals surface area contributed by atoms with Crippen molar-refractivity contribution in [3.05, 3.63) is 0 Å². The quantitative estimate of drug-likeness (QED) is 0.261. The lowest BCUT2D eigenvalue weighted by atomic mass is 10.1. The first kappa shape index (κ1) is 23.5. The fraction of sp³-hybridized carbons (Fsp3) is 0.667. The number of aliphatic carboxylic acids is 2. The van der Waals surface area contributed by atoms with Gasteiger partial charge in [-0.2, -0.15) is 0 Å². The molecule has 0 heterocycles. The fourth-order valence-electron chi connectivity index (χ4n) is 2.07. The third-order valence-electron chi connectivity index (χ3n) is 3.68. The topological polar surface area (TPSA) is 193 Å². The summed E-state index contributed by atoms with van der Waals surface area (Å²) in [4.78, 5) is 58.4. The molecule has 0 fully saturated rings. The molecule has 0 aliphatic heterocycles. The van der Waals surface area contributed by atoms with Crippen molar-refractivity contribution in [2.24, 2.45) is 11.5 Å². The highest BCUT2D eigenvalue weighted by atomic mass is 16.4. The Morgan fingerprint density at radius 1 is 1.00 bits per heavy atom. The number of carbonyl (C=O) groups excluding carboxylic acids is 3. The number of hydrogen-bond acceptors (Lipinski definition) is 7. The van der Waals surface area contributed by atoms with Crippen LogP contribution in [-0.2, 0) is 24.0 Å². The Morgan fingerprint density at radius 3 is 2.04 bits per heavy atom. The van der Waals surface area contributed by atoms with Crippen LogP contribution in [0.5, 0.6) is 0 Å². The number of carboxylic acid groups (broad SMARTS) is 2. The van der Waals surface area contributed by atoms with E-state index in [-0.39, 0.29) is 19.3 Å². The van der Waals surface area contributed by atoms with E-state index in [1.54, 1.807) is 0 Å². The molecule has 0 aliphatic carbocycles. The van der Waals surface area contributed by atoms with Crippen LogP contribution in [0.25, 0.3) is 0 Å². The molecule has 0 aromatic rings. The Morgan fingerprint density at radius 2 is 1.58 bits per heavy atom. The number of imide groups is 1. The normalized spacial score (nSPS) is 14.0. The van der Waals surface area contributed by atoms with Crippen molar-refractivity contribution in [3.8, 4) is 0 Å². The van der Waals surface area contributed by atoms with Crippen LogP contribution in [0.2, 0.25) is 0 Å². The van der Waals surface area contributed by atoms with Gasteiger partial charge in [0.1, 0.15) is 18.1 Å². The molecule has 26 heavy (non-hydrogen) atoms. The number of amides is 3. The number of rotatable bonds is 11. The van der Waals surface area contributed by atoms with Crippen molar-refractivity contribution in [2.45, 2.75) is 57.7 Å². The number of nitrogens with two attached hydrogens (primary N) is 2. The van der Waals surface area contributed by atoms with Crippen molar-refractivity contribution in [3.63, 3.8) is 0 Å². The highest BCUT2D eigenvalue weighted by Crippen LogP contribution is 2.09. The summed E-state index contributed by atoms with van der Waals surface area (Å²) in [5, 5.41) is 19.7. The van der Waals surface area contributed by atoms with Gasteiger partial charge in [-0.15, -0.1) is 0 Å². The van der Waals surface area contributed by atoms with E-state index in [0.29, 0.717) is 11.3 Å². The molecule has 3 amide bonds. The average molecular weight is 374 g/mol. The first-order chi connectivity index (χ1) is 12.0. The molecule has 11 heteroatoms. The SMILES string of the molecule is C[C@H](C(=O)N[C@H](C)C(=O)O)N(C(=O)CN)C(=O)CCCC[C@H](N)C(=O)O. The van der Waals surface area contributed by atoms with E-state index in [1.165, 1.54) is 13.8 Å². The first-order valence-electron chi connectivity index (χ1n) is 8.09. The number of hydrogen-bond donors (Lipinski definition) is 5. The number of carboxylic acids is 2. The van der Waals surface area contributed by atoms with Gasteiger partial charge in [-0.1, -0.05) is 6.42 Å². The molecule has 0 aromatic heterocycles. The third-order valence-corrected chi connectivity index (χ3v) is 3.68. The molecule has 3 atom stereocenters. The van der Waals surface area contributed by atoms with E-state index < -0.39 is 54.3 Å². The van der Waals surface area contributed by atoms with E-state index in [4.69, 9.17) is 21.7 Å². The van der Waals surface area contributed by atoms with Gasteiger partial charge in [-0.25, -0.2) is 0 Å². The van der Waals surface area contributed by atoms with E-state index in [0.717, 1.165) is 0 Å². The number of nitrogens with one attached hydrogen (secondary N) is 1. The molecule has 0 aliphatic rings. The minimum absolute atomic E-state index is 0.107. The molecule has 0 aromatic carbocycles. The van der Waals surface area contributed by atoms with E-state index in [1.807, 2.05) is 0 Å². The maximum Gasteiger partial charge on any atom is 0.325 e. The standard InChI is InChI=1S/C15H26N4O7/c1-8(14(23)24)18-13(22)9(2)19(12(21)7-16)11(20)6-4-3-5-10(17)15(25)26/h8-10H,3-7,16-17H2,1-2H3,(H,18,22)(H,23,24)(H,25,26)/t8-,9-,10+/m1/s1. The van der Waals surface area contributed by atoms with Gasteiger partial charge in [-0.3, -0.25) is 28.9 Å². The number of carbonyl (C=O) groups is 5. The summed E-state index contributed by atoms with van der Waals surface area (Å²) in [6.07, 6.45) is 0.679. The summed E-state index contributed by atoms with van der Waals surface area (Å²) < 4.78 is 0. The van der Waals surface area contributed by atoms with Crippen LogP contribution in [0, 0.1) is 0 Å². The van der Waals surface area contributed by atoms with Crippen molar-refractivity contribution in [1.82, 2.24) is 10.2 Å². The van der Waals surface area contributed by atoms with E-state index >= 15 is 0 Å². The predicted molar refractivity (Wildman–Crippen MR) is 89.7 cm³/mol. The van der Waals surface area contributed by atoms with Crippen LogP contribution in [0.4, 0.5) is 0 Å². The molecule has 0 spiro atoms. The lowest BCUT2D eigenvalue weighted by molar-refractivity contribution is -0.151. The molecular formula is C15H26N4O7. The van der Waals surface area contributed by atoms with E-state index in [9.17, 15) is 24.0 Å². The minimum Gasteiger partial charge on any atom is -0.480 e. The molecule has 0 rings (SSSR count). The van der Waals surface area contributed by atoms with Crippen LogP contribution in [-0.4, -0.2) is 69.4 Å². The van der Waals surface area contributed by atoms with Crippen molar-refractivity contribution in [1.29, 1.82) is 0 Å². The summed E-state index contributed by atoms with van der Waals surface area (Å²) in [6, 6.07) is -3.46. The van der Waals surface area contributed by atoms with Gasteiger partial charge in [-0.05, 0) is 26.7 Å². The molecular weight excluding hydrogens is 348 g/mol. The smallest absolute Gasteiger partial charge is 0.325 e. The lowest BCUT2D eigenvalue weighted by Gasteiger charge is -2.27. The molecule has 7 N–H and O–H groups in total. The Kier molecular flexibility index (Phi) is 10.1. The minimum atomic E-state index is -1.26. The lowest BCUT2D eigenvalue weighted by Crippen LogP contribution is -2.54. The summed E-state index contributed by atoms with van der Waals surface area (Å²) in [5.41, 5.74) is 10.6. The Balaban J connectivity index is 4.84. The van der Waals surface area contributed by atoms with Gasteiger partial charge in [0.2, 0.25) is 17.7 Å². The van der Waals surface area contributed by atoms with Gasteiger partial charge in [0.25, 0.3) is 0 Å². The summed E-state index contributed by atoms with van der Waals surface area (Å²) >= 11 is 0. The Hall–Kier alpha value is -2.53. The summed E-state index contributed by atoms with van der Waals surface area (Å²) in [5.74, 6) is -4.64. The van der Waals surface area contributed by atoms with E-state index in [2.05, 4.69) is 5.32 Å². The van der Waals surface area contributed by atoms with Gasteiger partial charge in [0.15, 0.2) is 0 Å². The van der Waals surface area contributed by atoms with Gasteiger partial charge in [0, 0.05) is 6.42 Å². The molecule has 148 valence electrons. The zero-order valence-corrected chi connectivity index (χ0v) is 14.8. The predicted octanol–water partition coefficient (Wildman–Crippen LogP) is -1.75. The van der Waals surface area contributed by atoms with Gasteiger partial charge >= 0.3 is 11.9 Å². The second-order valence-electron chi connectivity index (χ2n) is 5.80. The van der Waals surface area contributed by atoms with Crippen molar-refractivity contribution in [2.75, 3.05) is 6.54 Å². The molecule has 0 unspecified atom stereocenters. The zero-order valence-electron chi connectivity index (χ0n) is 14.8. The van der Waals surface area contributed by atoms with Crippen LogP contribution in [0.15, 0.2) is 0 Å². The molecule has 0 radical (unpaired) electrons.